The molecule has 0 aliphatic carbocycles. The van der Waals surface area contributed by atoms with Crippen LogP contribution in [0.15, 0.2) is 83.8 Å². The lowest BCUT2D eigenvalue weighted by atomic mass is 10.1. The Bertz CT molecular complexity index is 1290. The number of amides is 1. The molecule has 1 N–H and O–H groups in total. The highest BCUT2D eigenvalue weighted by atomic mass is 32.2. The number of thiocarbonyl (C=S) groups is 1. The number of aliphatic carboxylic acids is 1. The van der Waals surface area contributed by atoms with Crippen molar-refractivity contribution in [2.45, 2.75) is 25.7 Å². The van der Waals surface area contributed by atoms with E-state index in [-0.39, 0.29) is 4.32 Å². The fourth-order valence-electron chi connectivity index (χ4n) is 3.98. The summed E-state index contributed by atoms with van der Waals surface area (Å²) < 4.78 is 12.4. The van der Waals surface area contributed by atoms with Crippen molar-refractivity contribution in [3.63, 3.8) is 0 Å². The molecule has 0 bridgehead atoms. The number of rotatable bonds is 13. The van der Waals surface area contributed by atoms with Gasteiger partial charge in [0.05, 0.1) is 18.1 Å². The van der Waals surface area contributed by atoms with Crippen LogP contribution in [0.25, 0.3) is 6.08 Å². The average Bonchev–Trinajstić information content (AvgIpc) is 3.18. The van der Waals surface area contributed by atoms with Gasteiger partial charge in [-0.25, -0.2) is 0 Å². The van der Waals surface area contributed by atoms with E-state index in [1.165, 1.54) is 11.1 Å². The fraction of sp³-hybridized carbons (Fsp3) is 0.233. The van der Waals surface area contributed by atoms with Gasteiger partial charge in [-0.3, -0.25) is 14.5 Å². The Morgan fingerprint density at radius 2 is 1.50 bits per heavy atom. The van der Waals surface area contributed by atoms with Gasteiger partial charge in [0.15, 0.2) is 0 Å². The molecule has 0 spiro atoms. The van der Waals surface area contributed by atoms with Gasteiger partial charge in [0.2, 0.25) is 0 Å². The Morgan fingerprint density at radius 1 is 0.895 bits per heavy atom. The van der Waals surface area contributed by atoms with Crippen LogP contribution in [-0.2, 0) is 22.4 Å². The van der Waals surface area contributed by atoms with Gasteiger partial charge < -0.3 is 14.6 Å². The molecule has 0 aromatic heterocycles. The van der Waals surface area contributed by atoms with E-state index >= 15 is 0 Å². The Balaban J connectivity index is 1.44. The lowest BCUT2D eigenvalue weighted by Gasteiger charge is -2.13. The van der Waals surface area contributed by atoms with Crippen LogP contribution >= 0.6 is 24.0 Å². The lowest BCUT2D eigenvalue weighted by molar-refractivity contribution is -0.140. The number of carboxylic acid groups (broad SMARTS) is 1. The number of thioether (sulfide) groups is 1. The molecule has 3 aromatic carbocycles. The molecule has 0 atom stereocenters. The number of aryl methyl sites for hydroxylation is 2. The molecule has 1 saturated heterocycles. The van der Waals surface area contributed by atoms with Crippen LogP contribution in [0.3, 0.4) is 0 Å². The van der Waals surface area contributed by atoms with Gasteiger partial charge in [-0.05, 0) is 55.0 Å². The Labute approximate surface area is 232 Å². The Morgan fingerprint density at radius 3 is 2.11 bits per heavy atom. The summed E-state index contributed by atoms with van der Waals surface area (Å²) in [5.74, 6) is -0.244. The first-order chi connectivity index (χ1) is 18.5. The highest BCUT2D eigenvalue weighted by Crippen LogP contribution is 2.35. The van der Waals surface area contributed by atoms with Gasteiger partial charge in [-0.2, -0.15) is 0 Å². The van der Waals surface area contributed by atoms with E-state index in [0.717, 1.165) is 42.3 Å². The number of benzene rings is 3. The summed E-state index contributed by atoms with van der Waals surface area (Å²) in [6.45, 7) is 0.601. The summed E-state index contributed by atoms with van der Waals surface area (Å²) >= 11 is 6.31. The van der Waals surface area contributed by atoms with Crippen LogP contribution in [0, 0.1) is 0 Å². The molecule has 0 saturated carbocycles. The highest BCUT2D eigenvalue weighted by Gasteiger charge is 2.33. The van der Waals surface area contributed by atoms with Crippen molar-refractivity contribution in [1.82, 2.24) is 4.90 Å². The first-order valence-corrected chi connectivity index (χ1v) is 13.7. The minimum atomic E-state index is -1.11. The highest BCUT2D eigenvalue weighted by molar-refractivity contribution is 8.26. The molecule has 1 heterocycles. The van der Waals surface area contributed by atoms with Crippen molar-refractivity contribution in [1.29, 1.82) is 0 Å². The standard InChI is InChI=1S/C30H29NO5S2/c32-28(33)21-31-29(34)27(38-30(31)37)19-24-15-16-25(35-17-7-13-22-9-3-1-4-10-22)20-26(24)36-18-8-14-23-11-5-2-6-12-23/h1-6,9-12,15-16,19-20H,7-8,13-14,17-18,21H2,(H,32,33). The van der Waals surface area contributed by atoms with Crippen LogP contribution in [0.4, 0.5) is 0 Å². The Kier molecular flexibility index (Phi) is 9.95. The molecule has 3 aromatic rings. The molecule has 1 aliphatic rings. The second-order valence-electron chi connectivity index (χ2n) is 8.74. The third-order valence-electron chi connectivity index (χ3n) is 5.87. The topological polar surface area (TPSA) is 76.1 Å². The number of hydrogen-bond donors (Lipinski definition) is 1. The molecular formula is C30H29NO5S2. The van der Waals surface area contributed by atoms with E-state index in [9.17, 15) is 9.59 Å². The molecule has 1 fully saturated rings. The first kappa shape index (κ1) is 27.4. The van der Waals surface area contributed by atoms with E-state index in [1.54, 1.807) is 6.08 Å². The monoisotopic (exact) mass is 547 g/mol. The number of carbonyl (C=O) groups is 2. The van der Waals surface area contributed by atoms with Crippen LogP contribution in [0.2, 0.25) is 0 Å². The normalized spacial score (nSPS) is 14.2. The van der Waals surface area contributed by atoms with E-state index in [1.807, 2.05) is 54.6 Å². The van der Waals surface area contributed by atoms with Crippen LogP contribution in [-0.4, -0.2) is 46.0 Å². The molecule has 8 heteroatoms. The maximum Gasteiger partial charge on any atom is 0.323 e. The number of nitrogens with zero attached hydrogens (tertiary/aromatic N) is 1. The van der Waals surface area contributed by atoms with Crippen molar-refractivity contribution in [3.8, 4) is 11.5 Å². The summed E-state index contributed by atoms with van der Waals surface area (Å²) in [6.07, 6.45) is 5.23. The van der Waals surface area contributed by atoms with E-state index in [2.05, 4.69) is 24.3 Å². The van der Waals surface area contributed by atoms with Gasteiger partial charge in [0, 0.05) is 11.6 Å². The zero-order valence-electron chi connectivity index (χ0n) is 20.9. The molecule has 0 radical (unpaired) electrons. The van der Waals surface area contributed by atoms with Crippen LogP contribution in [0.5, 0.6) is 11.5 Å². The van der Waals surface area contributed by atoms with Gasteiger partial charge in [0.25, 0.3) is 5.91 Å². The van der Waals surface area contributed by atoms with Crippen molar-refractivity contribution in [3.05, 3.63) is 100 Å². The summed E-state index contributed by atoms with van der Waals surface area (Å²) in [5, 5.41) is 9.10. The maximum absolute atomic E-state index is 12.8. The minimum Gasteiger partial charge on any atom is -0.493 e. The summed E-state index contributed by atoms with van der Waals surface area (Å²) in [6, 6.07) is 26.1. The van der Waals surface area contributed by atoms with Crippen molar-refractivity contribution in [2.75, 3.05) is 19.8 Å². The number of carboxylic acids is 1. The molecule has 6 nitrogen and oxygen atoms in total. The maximum atomic E-state index is 12.8. The quantitative estimate of drug-likeness (QED) is 0.160. The second kappa shape index (κ2) is 13.8. The molecule has 4 rings (SSSR count). The predicted octanol–water partition coefficient (Wildman–Crippen LogP) is 6.00. The molecule has 1 aliphatic heterocycles. The van der Waals surface area contributed by atoms with Gasteiger partial charge in [-0.1, -0.05) is 84.6 Å². The molecule has 196 valence electrons. The molecule has 38 heavy (non-hydrogen) atoms. The number of carbonyl (C=O) groups excluding carboxylic acids is 1. The SMILES string of the molecule is O=C(O)CN1C(=O)C(=Cc2ccc(OCCCc3ccccc3)cc2OCCCc2ccccc2)SC1=S. The Hall–Kier alpha value is -3.62. The van der Waals surface area contributed by atoms with Gasteiger partial charge in [0.1, 0.15) is 22.4 Å². The smallest absolute Gasteiger partial charge is 0.323 e. The average molecular weight is 548 g/mol. The minimum absolute atomic E-state index is 0.229. The summed E-state index contributed by atoms with van der Waals surface area (Å²) in [5.41, 5.74) is 3.22. The second-order valence-corrected chi connectivity index (χ2v) is 10.4. The molecule has 0 unspecified atom stereocenters. The first-order valence-electron chi connectivity index (χ1n) is 12.4. The number of hydrogen-bond acceptors (Lipinski definition) is 6. The largest absolute Gasteiger partial charge is 0.493 e. The third-order valence-corrected chi connectivity index (χ3v) is 7.25. The van der Waals surface area contributed by atoms with Crippen molar-refractivity contribution in [2.24, 2.45) is 0 Å². The molecule has 1 amide bonds. The molecular weight excluding hydrogens is 518 g/mol. The van der Waals surface area contributed by atoms with Gasteiger partial charge >= 0.3 is 5.97 Å². The zero-order valence-corrected chi connectivity index (χ0v) is 22.5. The van der Waals surface area contributed by atoms with Crippen molar-refractivity contribution >= 4 is 46.3 Å². The van der Waals surface area contributed by atoms with Crippen LogP contribution < -0.4 is 9.47 Å². The fourth-order valence-corrected chi connectivity index (χ4v) is 5.22. The summed E-state index contributed by atoms with van der Waals surface area (Å²) in [7, 11) is 0. The third kappa shape index (κ3) is 7.94. The van der Waals surface area contributed by atoms with Gasteiger partial charge in [-0.15, -0.1) is 0 Å². The van der Waals surface area contributed by atoms with E-state index < -0.39 is 18.4 Å². The zero-order chi connectivity index (χ0) is 26.7. The number of ether oxygens (including phenoxy) is 2. The van der Waals surface area contributed by atoms with Crippen molar-refractivity contribution < 1.29 is 24.2 Å². The van der Waals surface area contributed by atoms with Crippen LogP contribution in [0.1, 0.15) is 29.5 Å². The summed E-state index contributed by atoms with van der Waals surface area (Å²) in [4.78, 5) is 25.3. The predicted molar refractivity (Wildman–Crippen MR) is 154 cm³/mol. The lowest BCUT2D eigenvalue weighted by Crippen LogP contribution is -2.33. The van der Waals surface area contributed by atoms with E-state index in [4.69, 9.17) is 26.8 Å². The van der Waals surface area contributed by atoms with E-state index in [0.29, 0.717) is 35.2 Å².